The Kier molecular flexibility index (Phi) is 3.85. The fraction of sp³-hybridized carbons (Fsp3) is 0.250. The molecular formula is C16H14BrF2NO. The monoisotopic (exact) mass is 353 g/mol. The maximum Gasteiger partial charge on any atom is 0.152 e. The fourth-order valence-electron chi connectivity index (χ4n) is 2.44. The Morgan fingerprint density at radius 1 is 1.29 bits per heavy atom. The molecule has 2 nitrogen and oxygen atoms in total. The molecule has 1 unspecified atom stereocenters. The third kappa shape index (κ3) is 2.88. The molecule has 21 heavy (non-hydrogen) atoms. The minimum Gasteiger partial charge on any atom is -0.488 e. The molecule has 0 saturated heterocycles. The van der Waals surface area contributed by atoms with Crippen LogP contribution in [0.4, 0.5) is 14.5 Å². The summed E-state index contributed by atoms with van der Waals surface area (Å²) in [7, 11) is 0. The quantitative estimate of drug-likeness (QED) is 0.879. The predicted molar refractivity (Wildman–Crippen MR) is 81.8 cm³/mol. The number of nitrogens with one attached hydrogen (secondary N) is 1. The van der Waals surface area contributed by atoms with Crippen LogP contribution in [0.3, 0.4) is 0 Å². The number of anilines is 1. The van der Waals surface area contributed by atoms with Crippen molar-refractivity contribution >= 4 is 21.6 Å². The first-order chi connectivity index (χ1) is 10.0. The molecule has 1 N–H and O–H groups in total. The maximum absolute atomic E-state index is 13.9. The van der Waals surface area contributed by atoms with Crippen LogP contribution in [0.1, 0.15) is 11.1 Å². The van der Waals surface area contributed by atoms with E-state index in [0.29, 0.717) is 12.1 Å². The molecule has 0 spiro atoms. The van der Waals surface area contributed by atoms with E-state index >= 15 is 0 Å². The van der Waals surface area contributed by atoms with Crippen molar-refractivity contribution in [1.29, 1.82) is 0 Å². The Hall–Kier alpha value is -1.62. The molecule has 1 heterocycles. The van der Waals surface area contributed by atoms with Crippen LogP contribution in [0.15, 0.2) is 34.8 Å². The molecule has 5 heteroatoms. The zero-order chi connectivity index (χ0) is 15.0. The Morgan fingerprint density at radius 3 is 2.90 bits per heavy atom. The van der Waals surface area contributed by atoms with E-state index in [1.165, 1.54) is 12.1 Å². The minimum absolute atomic E-state index is 0.0873. The lowest BCUT2D eigenvalue weighted by Crippen LogP contribution is -2.24. The Bertz CT molecular complexity index is 690. The second-order valence-corrected chi connectivity index (χ2v) is 6.05. The molecule has 0 aromatic heterocycles. The average molecular weight is 354 g/mol. The number of hydrogen-bond acceptors (Lipinski definition) is 2. The van der Waals surface area contributed by atoms with Crippen molar-refractivity contribution in [3.63, 3.8) is 0 Å². The van der Waals surface area contributed by atoms with Crippen LogP contribution >= 0.6 is 15.9 Å². The summed E-state index contributed by atoms with van der Waals surface area (Å²) in [5, 5.41) is 2.83. The molecule has 0 amide bonds. The largest absolute Gasteiger partial charge is 0.488 e. The summed E-state index contributed by atoms with van der Waals surface area (Å²) in [6.07, 6.45) is 0.588. The van der Waals surface area contributed by atoms with Crippen LogP contribution in [0.2, 0.25) is 0 Å². The van der Waals surface area contributed by atoms with Gasteiger partial charge in [0.1, 0.15) is 23.4 Å². The van der Waals surface area contributed by atoms with Gasteiger partial charge < -0.3 is 10.1 Å². The second-order valence-electron chi connectivity index (χ2n) is 5.13. The van der Waals surface area contributed by atoms with Gasteiger partial charge in [0.2, 0.25) is 0 Å². The van der Waals surface area contributed by atoms with Crippen molar-refractivity contribution in [2.45, 2.75) is 19.4 Å². The topological polar surface area (TPSA) is 21.3 Å². The molecule has 0 saturated carbocycles. The van der Waals surface area contributed by atoms with E-state index in [-0.39, 0.29) is 11.8 Å². The fourth-order valence-corrected chi connectivity index (χ4v) is 2.85. The third-order valence-electron chi connectivity index (χ3n) is 3.55. The van der Waals surface area contributed by atoms with Crippen molar-refractivity contribution in [2.24, 2.45) is 0 Å². The summed E-state index contributed by atoms with van der Waals surface area (Å²) in [5.74, 6) is -0.306. The Balaban J connectivity index is 1.69. The molecule has 110 valence electrons. The molecular weight excluding hydrogens is 340 g/mol. The highest BCUT2D eigenvalue weighted by molar-refractivity contribution is 9.10. The summed E-state index contributed by atoms with van der Waals surface area (Å²) in [6, 6.07) is 8.50. The molecule has 0 bridgehead atoms. The molecule has 1 aliphatic heterocycles. The number of hydrogen-bond donors (Lipinski definition) is 1. The van der Waals surface area contributed by atoms with Gasteiger partial charge in [-0.25, -0.2) is 8.78 Å². The lowest BCUT2D eigenvalue weighted by Gasteiger charge is -2.14. The Labute approximate surface area is 130 Å². The molecule has 0 radical (unpaired) electrons. The van der Waals surface area contributed by atoms with E-state index in [4.69, 9.17) is 4.74 Å². The van der Waals surface area contributed by atoms with Crippen LogP contribution < -0.4 is 10.1 Å². The molecule has 0 fully saturated rings. The summed E-state index contributed by atoms with van der Waals surface area (Å²) >= 11 is 3.42. The first kappa shape index (κ1) is 14.3. The van der Waals surface area contributed by atoms with Gasteiger partial charge >= 0.3 is 0 Å². The van der Waals surface area contributed by atoms with Crippen LogP contribution in [0.5, 0.6) is 5.75 Å². The molecule has 2 aromatic rings. The predicted octanol–water partition coefficient (Wildman–Crippen LogP) is 4.45. The van der Waals surface area contributed by atoms with Crippen molar-refractivity contribution < 1.29 is 13.5 Å². The highest BCUT2D eigenvalue weighted by atomic mass is 79.9. The van der Waals surface area contributed by atoms with Gasteiger partial charge in [0.15, 0.2) is 5.82 Å². The first-order valence-electron chi connectivity index (χ1n) is 6.68. The van der Waals surface area contributed by atoms with E-state index in [0.717, 1.165) is 22.2 Å². The van der Waals surface area contributed by atoms with Crippen molar-refractivity contribution in [3.8, 4) is 5.75 Å². The van der Waals surface area contributed by atoms with Crippen molar-refractivity contribution in [3.05, 3.63) is 57.6 Å². The molecule has 2 aromatic carbocycles. The summed E-state index contributed by atoms with van der Waals surface area (Å²) in [6.45, 7) is 1.96. The van der Waals surface area contributed by atoms with E-state index in [1.807, 2.05) is 18.2 Å². The molecule has 0 aliphatic carbocycles. The van der Waals surface area contributed by atoms with Crippen molar-refractivity contribution in [2.75, 3.05) is 11.9 Å². The maximum atomic E-state index is 13.9. The van der Waals surface area contributed by atoms with Crippen LogP contribution in [0.25, 0.3) is 0 Å². The van der Waals surface area contributed by atoms with Crippen molar-refractivity contribution in [1.82, 2.24) is 0 Å². The first-order valence-corrected chi connectivity index (χ1v) is 7.47. The zero-order valence-electron chi connectivity index (χ0n) is 11.4. The number of aryl methyl sites for hydroxylation is 1. The van der Waals surface area contributed by atoms with Gasteiger partial charge in [-0.1, -0.05) is 22.0 Å². The standard InChI is InChI=1S/C16H14BrF2NO/c1-9-2-4-13(18)16(15(9)19)20-8-12-7-10-6-11(17)3-5-14(10)21-12/h2-6,12,20H,7-8H2,1H3. The summed E-state index contributed by atoms with van der Waals surface area (Å²) in [4.78, 5) is 0. The lowest BCUT2D eigenvalue weighted by molar-refractivity contribution is 0.246. The third-order valence-corrected chi connectivity index (χ3v) is 4.05. The smallest absolute Gasteiger partial charge is 0.152 e. The Morgan fingerprint density at radius 2 is 2.10 bits per heavy atom. The normalized spacial score (nSPS) is 16.5. The summed E-state index contributed by atoms with van der Waals surface area (Å²) in [5.41, 5.74) is 1.43. The van der Waals surface area contributed by atoms with Gasteiger partial charge in [-0.2, -0.15) is 0 Å². The van der Waals surface area contributed by atoms with E-state index in [9.17, 15) is 8.78 Å². The number of fused-ring (bicyclic) bond motifs is 1. The van der Waals surface area contributed by atoms with E-state index < -0.39 is 11.6 Å². The van der Waals surface area contributed by atoms with Gasteiger partial charge in [0.05, 0.1) is 6.54 Å². The number of halogens is 3. The number of rotatable bonds is 3. The molecule has 3 rings (SSSR count). The van der Waals surface area contributed by atoms with Gasteiger partial charge in [0.25, 0.3) is 0 Å². The van der Waals surface area contributed by atoms with Crippen LogP contribution in [-0.4, -0.2) is 12.6 Å². The summed E-state index contributed by atoms with van der Waals surface area (Å²) < 4.78 is 34.3. The van der Waals surface area contributed by atoms with Crippen LogP contribution in [-0.2, 0) is 6.42 Å². The number of benzene rings is 2. The van der Waals surface area contributed by atoms with Gasteiger partial charge in [-0.3, -0.25) is 0 Å². The van der Waals surface area contributed by atoms with Gasteiger partial charge in [-0.05, 0) is 42.3 Å². The second kappa shape index (κ2) is 5.64. The minimum atomic E-state index is -0.587. The zero-order valence-corrected chi connectivity index (χ0v) is 13.0. The van der Waals surface area contributed by atoms with Crippen LogP contribution in [0, 0.1) is 18.6 Å². The highest BCUT2D eigenvalue weighted by Crippen LogP contribution is 2.31. The lowest BCUT2D eigenvalue weighted by atomic mass is 10.1. The van der Waals surface area contributed by atoms with Gasteiger partial charge in [0, 0.05) is 10.9 Å². The van der Waals surface area contributed by atoms with Gasteiger partial charge in [-0.15, -0.1) is 0 Å². The average Bonchev–Trinajstić information content (AvgIpc) is 2.85. The number of ether oxygens (including phenoxy) is 1. The SMILES string of the molecule is Cc1ccc(F)c(NCC2Cc3cc(Br)ccc3O2)c1F. The van der Waals surface area contributed by atoms with E-state index in [2.05, 4.69) is 21.2 Å². The molecule has 1 atom stereocenters. The highest BCUT2D eigenvalue weighted by Gasteiger charge is 2.23. The van der Waals surface area contributed by atoms with E-state index in [1.54, 1.807) is 6.92 Å². The molecule has 1 aliphatic rings.